The van der Waals surface area contributed by atoms with Crippen molar-refractivity contribution in [3.63, 3.8) is 0 Å². The van der Waals surface area contributed by atoms with Crippen molar-refractivity contribution < 1.29 is 14.4 Å². The molecule has 0 aliphatic rings. The number of nitro groups is 1. The summed E-state index contributed by atoms with van der Waals surface area (Å²) >= 11 is 0. The van der Waals surface area contributed by atoms with Gasteiger partial charge in [0.2, 0.25) is 0 Å². The molecule has 0 heterocycles. The van der Waals surface area contributed by atoms with E-state index in [1.807, 2.05) is 13.8 Å². The van der Waals surface area contributed by atoms with E-state index in [-0.39, 0.29) is 11.8 Å². The van der Waals surface area contributed by atoms with Crippen LogP contribution in [-0.2, 0) is 16.1 Å². The SMILES string of the molecule is CNc1cc(COCCOC(C)C)ccc1[N+](=O)[O-]. The normalized spacial score (nSPS) is 10.7. The van der Waals surface area contributed by atoms with Gasteiger partial charge < -0.3 is 14.8 Å². The van der Waals surface area contributed by atoms with Crippen LogP contribution in [0.5, 0.6) is 0 Å². The molecule has 1 aromatic rings. The number of hydrogen-bond acceptors (Lipinski definition) is 5. The van der Waals surface area contributed by atoms with Crippen LogP contribution in [0.4, 0.5) is 11.4 Å². The number of hydrogen-bond donors (Lipinski definition) is 1. The second kappa shape index (κ2) is 7.70. The van der Waals surface area contributed by atoms with Gasteiger partial charge in [-0.2, -0.15) is 0 Å². The third-order valence-corrected chi connectivity index (χ3v) is 2.47. The van der Waals surface area contributed by atoms with E-state index in [1.165, 1.54) is 6.07 Å². The Morgan fingerprint density at radius 1 is 1.37 bits per heavy atom. The number of ether oxygens (including phenoxy) is 2. The maximum absolute atomic E-state index is 10.8. The fraction of sp³-hybridized carbons (Fsp3) is 0.538. The van der Waals surface area contributed by atoms with Gasteiger partial charge in [-0.25, -0.2) is 0 Å². The summed E-state index contributed by atoms with van der Waals surface area (Å²) in [6, 6.07) is 4.90. The lowest BCUT2D eigenvalue weighted by Gasteiger charge is -2.09. The average molecular weight is 268 g/mol. The van der Waals surface area contributed by atoms with Gasteiger partial charge in [0.25, 0.3) is 5.69 Å². The largest absolute Gasteiger partial charge is 0.383 e. The van der Waals surface area contributed by atoms with E-state index in [4.69, 9.17) is 9.47 Å². The van der Waals surface area contributed by atoms with Crippen molar-refractivity contribution in [1.29, 1.82) is 0 Å². The standard InChI is InChI=1S/C13H20N2O4/c1-10(2)19-7-6-18-9-11-4-5-13(15(16)17)12(8-11)14-3/h4-5,8,10,14H,6-7,9H2,1-3H3. The summed E-state index contributed by atoms with van der Waals surface area (Å²) < 4.78 is 10.8. The molecular weight excluding hydrogens is 248 g/mol. The highest BCUT2D eigenvalue weighted by molar-refractivity contribution is 5.62. The molecule has 0 amide bonds. The molecule has 0 radical (unpaired) electrons. The number of nitrogens with one attached hydrogen (secondary N) is 1. The first-order chi connectivity index (χ1) is 9.04. The highest BCUT2D eigenvalue weighted by Crippen LogP contribution is 2.25. The van der Waals surface area contributed by atoms with Gasteiger partial charge >= 0.3 is 0 Å². The lowest BCUT2D eigenvalue weighted by atomic mass is 10.2. The van der Waals surface area contributed by atoms with Crippen LogP contribution in [0.1, 0.15) is 19.4 Å². The molecule has 0 aliphatic heterocycles. The molecule has 0 saturated heterocycles. The molecule has 0 fully saturated rings. The molecule has 1 rings (SSSR count). The Morgan fingerprint density at radius 2 is 2.11 bits per heavy atom. The molecule has 19 heavy (non-hydrogen) atoms. The Labute approximate surface area is 112 Å². The number of nitrogens with zero attached hydrogens (tertiary/aromatic N) is 1. The number of anilines is 1. The minimum Gasteiger partial charge on any atom is -0.383 e. The van der Waals surface area contributed by atoms with Gasteiger partial charge in [0.15, 0.2) is 0 Å². The quantitative estimate of drug-likeness (QED) is 0.445. The molecule has 0 spiro atoms. The van der Waals surface area contributed by atoms with E-state index in [0.29, 0.717) is 25.5 Å². The summed E-state index contributed by atoms with van der Waals surface area (Å²) in [6.07, 6.45) is 0.193. The third-order valence-electron chi connectivity index (χ3n) is 2.47. The molecule has 0 atom stereocenters. The van der Waals surface area contributed by atoms with Crippen LogP contribution in [0.15, 0.2) is 18.2 Å². The Bertz CT molecular complexity index is 421. The van der Waals surface area contributed by atoms with Crippen molar-refractivity contribution in [3.05, 3.63) is 33.9 Å². The molecule has 6 nitrogen and oxygen atoms in total. The fourth-order valence-electron chi connectivity index (χ4n) is 1.57. The summed E-state index contributed by atoms with van der Waals surface area (Å²) in [5, 5.41) is 13.6. The maximum atomic E-state index is 10.8. The lowest BCUT2D eigenvalue weighted by Crippen LogP contribution is -2.09. The maximum Gasteiger partial charge on any atom is 0.292 e. The molecule has 106 valence electrons. The highest BCUT2D eigenvalue weighted by atomic mass is 16.6. The first kappa shape index (κ1) is 15.4. The summed E-state index contributed by atoms with van der Waals surface area (Å²) in [7, 11) is 1.66. The number of benzene rings is 1. The van der Waals surface area contributed by atoms with Crippen LogP contribution in [0.25, 0.3) is 0 Å². The van der Waals surface area contributed by atoms with Crippen molar-refractivity contribution in [3.8, 4) is 0 Å². The molecule has 1 aromatic carbocycles. The van der Waals surface area contributed by atoms with Gasteiger partial charge in [-0.05, 0) is 31.5 Å². The molecule has 6 heteroatoms. The minimum atomic E-state index is -0.410. The Morgan fingerprint density at radius 3 is 2.68 bits per heavy atom. The topological polar surface area (TPSA) is 73.6 Å². The second-order valence-electron chi connectivity index (χ2n) is 4.33. The van der Waals surface area contributed by atoms with Crippen LogP contribution in [-0.4, -0.2) is 31.3 Å². The number of nitro benzene ring substituents is 1. The summed E-state index contributed by atoms with van der Waals surface area (Å²) in [6.45, 7) is 5.40. The Kier molecular flexibility index (Phi) is 6.24. The van der Waals surface area contributed by atoms with Gasteiger partial charge in [0, 0.05) is 13.1 Å². The van der Waals surface area contributed by atoms with Gasteiger partial charge in [-0.3, -0.25) is 10.1 Å². The molecular formula is C13H20N2O4. The van der Waals surface area contributed by atoms with Crippen LogP contribution in [0.3, 0.4) is 0 Å². The minimum absolute atomic E-state index is 0.0643. The highest BCUT2D eigenvalue weighted by Gasteiger charge is 2.12. The van der Waals surface area contributed by atoms with Crippen LogP contribution in [0, 0.1) is 10.1 Å². The Hall–Kier alpha value is -1.66. The third kappa shape index (κ3) is 5.23. The molecule has 1 N–H and O–H groups in total. The first-order valence-electron chi connectivity index (χ1n) is 6.19. The van der Waals surface area contributed by atoms with Gasteiger partial charge in [-0.15, -0.1) is 0 Å². The predicted octanol–water partition coefficient (Wildman–Crippen LogP) is 2.58. The number of rotatable bonds is 8. The lowest BCUT2D eigenvalue weighted by molar-refractivity contribution is -0.384. The van der Waals surface area contributed by atoms with Gasteiger partial charge in [0.1, 0.15) is 5.69 Å². The summed E-state index contributed by atoms with van der Waals surface area (Å²) in [5.74, 6) is 0. The zero-order valence-corrected chi connectivity index (χ0v) is 11.5. The van der Waals surface area contributed by atoms with Crippen molar-refractivity contribution in [1.82, 2.24) is 0 Å². The summed E-state index contributed by atoms with van der Waals surface area (Å²) in [4.78, 5) is 10.4. The van der Waals surface area contributed by atoms with Gasteiger partial charge in [0.05, 0.1) is 30.8 Å². The summed E-state index contributed by atoms with van der Waals surface area (Å²) in [5.41, 5.74) is 1.44. The van der Waals surface area contributed by atoms with Crippen LogP contribution < -0.4 is 5.32 Å². The van der Waals surface area contributed by atoms with E-state index in [2.05, 4.69) is 5.32 Å². The van der Waals surface area contributed by atoms with E-state index in [9.17, 15) is 10.1 Å². The average Bonchev–Trinajstić information content (AvgIpc) is 2.37. The van der Waals surface area contributed by atoms with Crippen molar-refractivity contribution in [2.45, 2.75) is 26.6 Å². The van der Waals surface area contributed by atoms with Crippen molar-refractivity contribution >= 4 is 11.4 Å². The van der Waals surface area contributed by atoms with Crippen molar-refractivity contribution in [2.24, 2.45) is 0 Å². The second-order valence-corrected chi connectivity index (χ2v) is 4.33. The molecule has 0 saturated carbocycles. The van der Waals surface area contributed by atoms with E-state index < -0.39 is 4.92 Å². The van der Waals surface area contributed by atoms with E-state index >= 15 is 0 Å². The fourth-order valence-corrected chi connectivity index (χ4v) is 1.57. The van der Waals surface area contributed by atoms with E-state index in [0.717, 1.165) is 5.56 Å². The van der Waals surface area contributed by atoms with Gasteiger partial charge in [-0.1, -0.05) is 0 Å². The monoisotopic (exact) mass is 268 g/mol. The predicted molar refractivity (Wildman–Crippen MR) is 73.4 cm³/mol. The Balaban J connectivity index is 2.49. The smallest absolute Gasteiger partial charge is 0.292 e. The first-order valence-corrected chi connectivity index (χ1v) is 6.19. The van der Waals surface area contributed by atoms with Crippen molar-refractivity contribution in [2.75, 3.05) is 25.6 Å². The zero-order chi connectivity index (χ0) is 14.3. The van der Waals surface area contributed by atoms with E-state index in [1.54, 1.807) is 19.2 Å². The van der Waals surface area contributed by atoms with Crippen LogP contribution >= 0.6 is 0 Å². The van der Waals surface area contributed by atoms with Crippen LogP contribution in [0.2, 0.25) is 0 Å². The zero-order valence-electron chi connectivity index (χ0n) is 11.5. The molecule has 0 unspecified atom stereocenters. The molecule has 0 bridgehead atoms. The molecule has 0 aromatic heterocycles. The molecule has 0 aliphatic carbocycles.